The van der Waals surface area contributed by atoms with Crippen molar-refractivity contribution in [3.8, 4) is 11.3 Å². The number of nitrogens with one attached hydrogen (secondary N) is 1. The van der Waals surface area contributed by atoms with Crippen LogP contribution in [0.5, 0.6) is 0 Å². The Morgan fingerprint density at radius 2 is 2.03 bits per heavy atom. The zero-order chi connectivity index (χ0) is 20.9. The highest BCUT2D eigenvalue weighted by Gasteiger charge is 2.30. The van der Waals surface area contributed by atoms with Crippen LogP contribution in [0.15, 0.2) is 15.4 Å². The van der Waals surface area contributed by atoms with Gasteiger partial charge in [-0.3, -0.25) is 9.69 Å². The first kappa shape index (κ1) is 19.3. The Labute approximate surface area is 180 Å². The predicted octanol–water partition coefficient (Wildman–Crippen LogP) is 3.72. The van der Waals surface area contributed by atoms with Gasteiger partial charge in [0.05, 0.1) is 17.3 Å². The Morgan fingerprint density at radius 3 is 2.87 bits per heavy atom. The molecule has 164 valence electrons. The number of fused-ring (bicyclic) bond motifs is 5. The Kier molecular flexibility index (Phi) is 4.72. The number of H-pyrrole nitrogens is 1. The average Bonchev–Trinajstić information content (AvgIpc) is 3.33. The third-order valence-corrected chi connectivity index (χ3v) is 7.09. The Balaban J connectivity index is 1.46. The normalized spacial score (nSPS) is 24.7. The van der Waals surface area contributed by atoms with Gasteiger partial charge >= 0.3 is 0 Å². The van der Waals surface area contributed by atoms with Crippen LogP contribution in [0.2, 0.25) is 0 Å². The number of aromatic nitrogens is 4. The summed E-state index contributed by atoms with van der Waals surface area (Å²) in [5, 5.41) is 4.85. The summed E-state index contributed by atoms with van der Waals surface area (Å²) in [6.45, 7) is 1.81. The molecule has 3 aliphatic rings. The predicted molar refractivity (Wildman–Crippen MR) is 116 cm³/mol. The third kappa shape index (κ3) is 3.24. The first-order valence-electron chi connectivity index (χ1n) is 11.6. The van der Waals surface area contributed by atoms with Gasteiger partial charge in [0.15, 0.2) is 0 Å². The van der Waals surface area contributed by atoms with E-state index in [1.54, 1.807) is 0 Å². The van der Waals surface area contributed by atoms with Crippen LogP contribution in [0.4, 0.5) is 0 Å². The van der Waals surface area contributed by atoms with Crippen LogP contribution < -0.4 is 5.56 Å². The summed E-state index contributed by atoms with van der Waals surface area (Å²) >= 11 is 0. The van der Waals surface area contributed by atoms with Crippen molar-refractivity contribution < 1.29 is 9.15 Å². The summed E-state index contributed by atoms with van der Waals surface area (Å²) in [5.74, 6) is 1.52. The minimum Gasteiger partial charge on any atom is -0.448 e. The van der Waals surface area contributed by atoms with Crippen molar-refractivity contribution in [3.63, 3.8) is 0 Å². The third-order valence-electron chi connectivity index (χ3n) is 7.09. The molecule has 0 amide bonds. The summed E-state index contributed by atoms with van der Waals surface area (Å²) in [5.41, 5.74) is 3.93. The molecule has 2 unspecified atom stereocenters. The molecule has 31 heavy (non-hydrogen) atoms. The Bertz CT molecular complexity index is 1170. The number of likely N-dealkylation sites (tertiary alicyclic amines) is 1. The second-order valence-corrected chi connectivity index (χ2v) is 9.18. The van der Waals surface area contributed by atoms with Crippen molar-refractivity contribution in [3.05, 3.63) is 33.6 Å². The number of hydrogen-bond acceptors (Lipinski definition) is 6. The van der Waals surface area contributed by atoms with Crippen LogP contribution in [0.1, 0.15) is 74.3 Å². The van der Waals surface area contributed by atoms with E-state index in [2.05, 4.69) is 16.9 Å². The summed E-state index contributed by atoms with van der Waals surface area (Å²) in [7, 11) is 2.11. The van der Waals surface area contributed by atoms with E-state index in [-0.39, 0.29) is 17.8 Å². The second kappa shape index (κ2) is 7.60. The lowest BCUT2D eigenvalue weighted by molar-refractivity contribution is -0.0396. The standard InChI is InChI=1S/C23H29N5O3/c1-27-11-4-2-9-17(27)22-24-19-14-7-6-8-16-15(20(14)31-21(19)23(29)25-22)13-28(26-16)18-10-3-5-12-30-18/h13,17-18H,2-12H2,1H3,(H,24,25,29). The number of rotatable bonds is 2. The van der Waals surface area contributed by atoms with Gasteiger partial charge in [0.1, 0.15) is 23.3 Å². The molecule has 0 spiro atoms. The molecule has 6 rings (SSSR count). The van der Waals surface area contributed by atoms with Crippen LogP contribution in [0.25, 0.3) is 22.4 Å². The van der Waals surface area contributed by atoms with Crippen molar-refractivity contribution in [2.75, 3.05) is 20.2 Å². The molecule has 1 N–H and O–H groups in total. The van der Waals surface area contributed by atoms with Gasteiger partial charge < -0.3 is 14.1 Å². The monoisotopic (exact) mass is 423 g/mol. The molecule has 3 aromatic heterocycles. The van der Waals surface area contributed by atoms with Gasteiger partial charge in [-0.15, -0.1) is 0 Å². The second-order valence-electron chi connectivity index (χ2n) is 9.18. The number of nitrogens with zero attached hydrogens (tertiary/aromatic N) is 4. The molecule has 8 heteroatoms. The molecule has 0 bridgehead atoms. The zero-order valence-corrected chi connectivity index (χ0v) is 18.0. The maximum atomic E-state index is 13.0. The summed E-state index contributed by atoms with van der Waals surface area (Å²) in [6.07, 6.45) is 11.3. The molecular weight excluding hydrogens is 394 g/mol. The molecule has 8 nitrogen and oxygen atoms in total. The highest BCUT2D eigenvalue weighted by atomic mass is 16.5. The quantitative estimate of drug-likeness (QED) is 0.676. The van der Waals surface area contributed by atoms with Crippen LogP contribution in [-0.4, -0.2) is 44.8 Å². The van der Waals surface area contributed by atoms with E-state index in [0.29, 0.717) is 5.58 Å². The van der Waals surface area contributed by atoms with Gasteiger partial charge in [-0.1, -0.05) is 6.42 Å². The number of aryl methyl sites for hydroxylation is 2. The SMILES string of the molecule is CN1CCCCC1c1nc2c3c(oc2c(=O)[nH]1)-c1cn(C2CCCCO2)nc1CCC3. The molecule has 2 atom stereocenters. The van der Waals surface area contributed by atoms with E-state index in [1.165, 1.54) is 6.42 Å². The molecule has 2 fully saturated rings. The first-order chi connectivity index (χ1) is 15.2. The van der Waals surface area contributed by atoms with Crippen LogP contribution in [0.3, 0.4) is 0 Å². The fraction of sp³-hybridized carbons (Fsp3) is 0.609. The van der Waals surface area contributed by atoms with Crippen LogP contribution >= 0.6 is 0 Å². The molecule has 2 aliphatic heterocycles. The molecule has 2 saturated heterocycles. The molecule has 1 aliphatic carbocycles. The fourth-order valence-corrected chi connectivity index (χ4v) is 5.39. The van der Waals surface area contributed by atoms with E-state index in [0.717, 1.165) is 98.4 Å². The molecule has 5 heterocycles. The van der Waals surface area contributed by atoms with Crippen LogP contribution in [0, 0.1) is 0 Å². The van der Waals surface area contributed by atoms with Gasteiger partial charge in [-0.05, 0) is 65.0 Å². The van der Waals surface area contributed by atoms with E-state index in [9.17, 15) is 4.79 Å². The van der Waals surface area contributed by atoms with E-state index in [1.807, 2.05) is 10.9 Å². The van der Waals surface area contributed by atoms with Gasteiger partial charge in [0.25, 0.3) is 5.56 Å². The number of piperidine rings is 1. The average molecular weight is 424 g/mol. The lowest BCUT2D eigenvalue weighted by Gasteiger charge is -2.31. The first-order valence-corrected chi connectivity index (χ1v) is 11.6. The smallest absolute Gasteiger partial charge is 0.294 e. The topological polar surface area (TPSA) is 89.2 Å². The molecular formula is C23H29N5O3. The lowest BCUT2D eigenvalue weighted by Crippen LogP contribution is -2.32. The summed E-state index contributed by atoms with van der Waals surface area (Å²) in [6, 6.07) is 0.156. The fourth-order valence-electron chi connectivity index (χ4n) is 5.39. The summed E-state index contributed by atoms with van der Waals surface area (Å²) in [4.78, 5) is 23.2. The summed E-state index contributed by atoms with van der Waals surface area (Å²) < 4.78 is 14.1. The Hall–Kier alpha value is -2.45. The number of aromatic amines is 1. The van der Waals surface area contributed by atoms with Gasteiger partial charge in [-0.25, -0.2) is 9.67 Å². The zero-order valence-electron chi connectivity index (χ0n) is 18.0. The molecule has 3 aromatic rings. The number of hydrogen-bond donors (Lipinski definition) is 1. The highest BCUT2D eigenvalue weighted by molar-refractivity contribution is 5.85. The van der Waals surface area contributed by atoms with Gasteiger partial charge in [0, 0.05) is 18.4 Å². The largest absolute Gasteiger partial charge is 0.448 e. The number of ether oxygens (including phenoxy) is 1. The van der Waals surface area contributed by atoms with Gasteiger partial charge in [0.2, 0.25) is 5.58 Å². The van der Waals surface area contributed by atoms with Crippen LogP contribution in [-0.2, 0) is 17.6 Å². The highest BCUT2D eigenvalue weighted by Crippen LogP contribution is 2.39. The molecule has 0 aromatic carbocycles. The maximum absolute atomic E-state index is 13.0. The number of furan rings is 1. The van der Waals surface area contributed by atoms with Crippen molar-refractivity contribution in [2.24, 2.45) is 0 Å². The van der Waals surface area contributed by atoms with Crippen molar-refractivity contribution in [2.45, 2.75) is 70.1 Å². The minimum atomic E-state index is -0.184. The van der Waals surface area contributed by atoms with Crippen molar-refractivity contribution in [1.82, 2.24) is 24.6 Å². The Morgan fingerprint density at radius 1 is 1.13 bits per heavy atom. The van der Waals surface area contributed by atoms with E-state index < -0.39 is 0 Å². The van der Waals surface area contributed by atoms with Crippen molar-refractivity contribution in [1.29, 1.82) is 0 Å². The van der Waals surface area contributed by atoms with E-state index >= 15 is 0 Å². The van der Waals surface area contributed by atoms with Gasteiger partial charge in [-0.2, -0.15) is 5.10 Å². The van der Waals surface area contributed by atoms with Crippen molar-refractivity contribution >= 4 is 11.1 Å². The molecule has 0 saturated carbocycles. The lowest BCUT2D eigenvalue weighted by atomic mass is 10.0. The van der Waals surface area contributed by atoms with E-state index in [4.69, 9.17) is 19.2 Å². The molecule has 0 radical (unpaired) electrons. The minimum absolute atomic E-state index is 0.0107. The maximum Gasteiger partial charge on any atom is 0.294 e.